The number of ether oxygens (including phenoxy) is 1. The molecule has 0 aromatic rings. The zero-order valence-electron chi connectivity index (χ0n) is 8.20. The van der Waals surface area contributed by atoms with Crippen molar-refractivity contribution in [2.75, 3.05) is 6.61 Å². The van der Waals surface area contributed by atoms with Gasteiger partial charge < -0.3 is 10.5 Å². The maximum absolute atomic E-state index is 5.49. The van der Waals surface area contributed by atoms with Crippen LogP contribution in [0.1, 0.15) is 32.6 Å². The van der Waals surface area contributed by atoms with Crippen LogP contribution < -0.4 is 5.73 Å². The van der Waals surface area contributed by atoms with Gasteiger partial charge in [0.25, 0.3) is 6.02 Å². The summed E-state index contributed by atoms with van der Waals surface area (Å²) < 4.78 is 5.17. The summed E-state index contributed by atoms with van der Waals surface area (Å²) >= 11 is 0. The Hall–Kier alpha value is -0.730. The number of hydrogen-bond donors (Lipinski definition) is 1. The van der Waals surface area contributed by atoms with Crippen molar-refractivity contribution in [2.45, 2.75) is 38.6 Å². The Morgan fingerprint density at radius 3 is 2.54 bits per heavy atom. The van der Waals surface area contributed by atoms with E-state index in [1.807, 2.05) is 0 Å². The van der Waals surface area contributed by atoms with Crippen LogP contribution in [-0.4, -0.2) is 18.7 Å². The lowest BCUT2D eigenvalue weighted by molar-refractivity contribution is 0.215. The monoisotopic (exact) mass is 182 g/mol. The third-order valence-electron chi connectivity index (χ3n) is 3.30. The summed E-state index contributed by atoms with van der Waals surface area (Å²) in [5.74, 6) is 1.62. The zero-order chi connectivity index (χ0) is 9.26. The van der Waals surface area contributed by atoms with Crippen LogP contribution in [0.5, 0.6) is 0 Å². The van der Waals surface area contributed by atoms with Crippen molar-refractivity contribution in [1.82, 2.24) is 0 Å². The standard InChI is InChI=1S/C10H18N2O/c1-7-2-4-8(5-3-7)9-6-13-10(11)12-9/h7-9H,2-6H2,1H3,(H2,11,12). The Labute approximate surface area is 79.4 Å². The van der Waals surface area contributed by atoms with Gasteiger partial charge in [-0.05, 0) is 24.7 Å². The summed E-state index contributed by atoms with van der Waals surface area (Å²) in [6.45, 7) is 3.05. The van der Waals surface area contributed by atoms with Gasteiger partial charge in [0.1, 0.15) is 6.61 Å². The van der Waals surface area contributed by atoms with Gasteiger partial charge in [-0.25, -0.2) is 4.99 Å². The topological polar surface area (TPSA) is 47.6 Å². The normalized spacial score (nSPS) is 39.8. The molecule has 1 saturated carbocycles. The maximum Gasteiger partial charge on any atom is 0.282 e. The number of aliphatic imine (C=N–C) groups is 1. The van der Waals surface area contributed by atoms with E-state index in [1.165, 1.54) is 25.7 Å². The Balaban J connectivity index is 1.88. The number of nitrogens with zero attached hydrogens (tertiary/aromatic N) is 1. The summed E-state index contributed by atoms with van der Waals surface area (Å²) in [7, 11) is 0. The molecule has 1 aliphatic heterocycles. The Kier molecular flexibility index (Phi) is 2.42. The number of nitrogens with two attached hydrogens (primary N) is 1. The minimum Gasteiger partial charge on any atom is -0.463 e. The molecule has 1 fully saturated rings. The molecule has 3 nitrogen and oxygen atoms in total. The Morgan fingerprint density at radius 1 is 1.31 bits per heavy atom. The van der Waals surface area contributed by atoms with Crippen molar-refractivity contribution >= 4 is 6.02 Å². The highest BCUT2D eigenvalue weighted by molar-refractivity contribution is 5.73. The van der Waals surface area contributed by atoms with E-state index in [0.717, 1.165) is 11.8 Å². The molecule has 1 heterocycles. The summed E-state index contributed by atoms with van der Waals surface area (Å²) in [6, 6.07) is 0.746. The van der Waals surface area contributed by atoms with E-state index in [9.17, 15) is 0 Å². The highest BCUT2D eigenvalue weighted by Gasteiger charge is 2.29. The van der Waals surface area contributed by atoms with Gasteiger partial charge in [-0.3, -0.25) is 0 Å². The van der Waals surface area contributed by atoms with Crippen LogP contribution in [0.2, 0.25) is 0 Å². The van der Waals surface area contributed by atoms with E-state index in [2.05, 4.69) is 11.9 Å². The fourth-order valence-corrected chi connectivity index (χ4v) is 2.32. The van der Waals surface area contributed by atoms with Crippen LogP contribution >= 0.6 is 0 Å². The smallest absolute Gasteiger partial charge is 0.282 e. The molecular formula is C10H18N2O. The van der Waals surface area contributed by atoms with E-state index in [1.54, 1.807) is 0 Å². The second-order valence-corrected chi connectivity index (χ2v) is 4.37. The average Bonchev–Trinajstić information content (AvgIpc) is 2.53. The molecule has 3 heteroatoms. The largest absolute Gasteiger partial charge is 0.463 e. The van der Waals surface area contributed by atoms with Gasteiger partial charge in [0.15, 0.2) is 0 Å². The molecule has 2 N–H and O–H groups in total. The molecule has 0 aromatic heterocycles. The van der Waals surface area contributed by atoms with Crippen LogP contribution in [0.3, 0.4) is 0 Å². The fraction of sp³-hybridized carbons (Fsp3) is 0.900. The van der Waals surface area contributed by atoms with Gasteiger partial charge in [0.05, 0.1) is 6.04 Å². The molecule has 0 amide bonds. The molecule has 2 aliphatic rings. The lowest BCUT2D eigenvalue weighted by Gasteiger charge is -2.28. The average molecular weight is 182 g/mol. The van der Waals surface area contributed by atoms with Crippen LogP contribution in [0.15, 0.2) is 4.99 Å². The van der Waals surface area contributed by atoms with Crippen molar-refractivity contribution in [1.29, 1.82) is 0 Å². The number of hydrogen-bond acceptors (Lipinski definition) is 3. The first kappa shape index (κ1) is 8.85. The van der Waals surface area contributed by atoms with E-state index in [-0.39, 0.29) is 0 Å². The molecule has 1 unspecified atom stereocenters. The summed E-state index contributed by atoms with van der Waals surface area (Å²) in [5, 5.41) is 0. The highest BCUT2D eigenvalue weighted by Crippen LogP contribution is 2.32. The van der Waals surface area contributed by atoms with Crippen molar-refractivity contribution in [3.05, 3.63) is 0 Å². The van der Waals surface area contributed by atoms with E-state index < -0.39 is 0 Å². The SMILES string of the molecule is CC1CCC(C2COC(N)=N2)CC1. The van der Waals surface area contributed by atoms with Crippen molar-refractivity contribution in [3.8, 4) is 0 Å². The quantitative estimate of drug-likeness (QED) is 0.668. The lowest BCUT2D eigenvalue weighted by Crippen LogP contribution is -2.24. The zero-order valence-corrected chi connectivity index (χ0v) is 8.20. The van der Waals surface area contributed by atoms with E-state index in [4.69, 9.17) is 10.5 Å². The first-order valence-corrected chi connectivity index (χ1v) is 5.22. The maximum atomic E-state index is 5.49. The predicted octanol–water partition coefficient (Wildman–Crippen LogP) is 1.53. The van der Waals surface area contributed by atoms with Crippen LogP contribution in [0.25, 0.3) is 0 Å². The molecule has 0 spiro atoms. The van der Waals surface area contributed by atoms with Gasteiger partial charge in [-0.2, -0.15) is 0 Å². The van der Waals surface area contributed by atoms with Crippen molar-refractivity contribution in [2.24, 2.45) is 22.6 Å². The second kappa shape index (κ2) is 3.56. The van der Waals surface area contributed by atoms with E-state index in [0.29, 0.717) is 18.7 Å². The Bertz CT molecular complexity index is 207. The van der Waals surface area contributed by atoms with Crippen LogP contribution in [-0.2, 0) is 4.74 Å². The summed E-state index contributed by atoms with van der Waals surface area (Å²) in [4.78, 5) is 4.31. The molecule has 1 aliphatic carbocycles. The molecule has 1 atom stereocenters. The van der Waals surface area contributed by atoms with Gasteiger partial charge >= 0.3 is 0 Å². The van der Waals surface area contributed by atoms with Gasteiger partial charge in [-0.15, -0.1) is 0 Å². The van der Waals surface area contributed by atoms with Gasteiger partial charge in [0.2, 0.25) is 0 Å². The van der Waals surface area contributed by atoms with Crippen LogP contribution in [0, 0.1) is 11.8 Å². The first-order chi connectivity index (χ1) is 6.25. The third kappa shape index (κ3) is 1.95. The van der Waals surface area contributed by atoms with Crippen molar-refractivity contribution < 1.29 is 4.74 Å². The molecular weight excluding hydrogens is 164 g/mol. The molecule has 0 bridgehead atoms. The molecule has 0 aromatic carbocycles. The predicted molar refractivity (Wildman–Crippen MR) is 52.5 cm³/mol. The minimum atomic E-state index is 0.354. The molecule has 2 rings (SSSR count). The highest BCUT2D eigenvalue weighted by atomic mass is 16.5. The van der Waals surface area contributed by atoms with E-state index >= 15 is 0 Å². The van der Waals surface area contributed by atoms with Crippen LogP contribution in [0.4, 0.5) is 0 Å². The summed E-state index contributed by atoms with van der Waals surface area (Å²) in [6.07, 6.45) is 5.28. The van der Waals surface area contributed by atoms with Crippen molar-refractivity contribution in [3.63, 3.8) is 0 Å². The van der Waals surface area contributed by atoms with Gasteiger partial charge in [-0.1, -0.05) is 19.8 Å². The minimum absolute atomic E-state index is 0.354. The first-order valence-electron chi connectivity index (χ1n) is 5.22. The molecule has 0 saturated heterocycles. The Morgan fingerprint density at radius 2 is 2.00 bits per heavy atom. The second-order valence-electron chi connectivity index (χ2n) is 4.37. The lowest BCUT2D eigenvalue weighted by atomic mass is 9.80. The fourth-order valence-electron chi connectivity index (χ4n) is 2.32. The molecule has 74 valence electrons. The number of amidine groups is 1. The van der Waals surface area contributed by atoms with Gasteiger partial charge in [0, 0.05) is 0 Å². The molecule has 13 heavy (non-hydrogen) atoms. The molecule has 0 radical (unpaired) electrons. The third-order valence-corrected chi connectivity index (χ3v) is 3.30. The number of rotatable bonds is 1. The summed E-state index contributed by atoms with van der Waals surface area (Å²) in [5.41, 5.74) is 5.49.